The van der Waals surface area contributed by atoms with E-state index in [1.807, 2.05) is 0 Å². The number of carbonyl (C=O) groups is 1. The molecule has 0 saturated carbocycles. The molecule has 3 N–H and O–H groups in total. The van der Waals surface area contributed by atoms with Crippen molar-refractivity contribution >= 4 is 29.0 Å². The van der Waals surface area contributed by atoms with Gasteiger partial charge >= 0.3 is 0 Å². The topological polar surface area (TPSA) is 92.2 Å². The Morgan fingerprint density at radius 1 is 1.38 bits per heavy atom. The lowest BCUT2D eigenvalue weighted by molar-refractivity contribution is -0.120. The quantitative estimate of drug-likeness (QED) is 0.757. The highest BCUT2D eigenvalue weighted by Gasteiger charge is 2.27. The van der Waals surface area contributed by atoms with Crippen molar-refractivity contribution in [3.63, 3.8) is 0 Å². The van der Waals surface area contributed by atoms with E-state index in [0.29, 0.717) is 10.7 Å². The van der Waals surface area contributed by atoms with Gasteiger partial charge in [-0.05, 0) is 24.3 Å². The zero-order chi connectivity index (χ0) is 11.5. The molecule has 0 radical (unpaired) electrons. The van der Waals surface area contributed by atoms with Crippen LogP contribution in [0.4, 0.5) is 5.69 Å². The van der Waals surface area contributed by atoms with E-state index in [2.05, 4.69) is 20.8 Å². The molecule has 0 bridgehead atoms. The van der Waals surface area contributed by atoms with Gasteiger partial charge in [0.2, 0.25) is 6.04 Å². The standard InChI is InChI=1S/C9H8ClN5O/c10-5-1-3-6(4-2-5)12-13-7-8(11)14-15-9(7)16/h1-4,7H,(H2,11,14)(H,15,16). The molecule has 82 valence electrons. The van der Waals surface area contributed by atoms with Crippen molar-refractivity contribution in [2.24, 2.45) is 21.1 Å². The lowest BCUT2D eigenvalue weighted by Crippen LogP contribution is -2.31. The molecule has 0 aromatic heterocycles. The number of rotatable bonds is 2. The highest BCUT2D eigenvalue weighted by Crippen LogP contribution is 2.17. The second-order valence-electron chi connectivity index (χ2n) is 3.11. The first-order valence-corrected chi connectivity index (χ1v) is 4.84. The number of azo groups is 1. The van der Waals surface area contributed by atoms with Gasteiger partial charge in [-0.1, -0.05) is 11.6 Å². The summed E-state index contributed by atoms with van der Waals surface area (Å²) in [4.78, 5) is 11.2. The van der Waals surface area contributed by atoms with E-state index in [4.69, 9.17) is 17.3 Å². The molecule has 0 fully saturated rings. The Morgan fingerprint density at radius 2 is 2.06 bits per heavy atom. The van der Waals surface area contributed by atoms with Crippen LogP contribution in [0.1, 0.15) is 0 Å². The molecule has 2 rings (SSSR count). The summed E-state index contributed by atoms with van der Waals surface area (Å²) >= 11 is 5.71. The molecular weight excluding hydrogens is 230 g/mol. The van der Waals surface area contributed by atoms with Gasteiger partial charge in [-0.25, -0.2) is 5.43 Å². The maximum Gasteiger partial charge on any atom is 0.274 e. The summed E-state index contributed by atoms with van der Waals surface area (Å²) in [6, 6.07) is 5.90. The fraction of sp³-hybridized carbons (Fsp3) is 0.111. The number of nitrogens with zero attached hydrogens (tertiary/aromatic N) is 3. The molecular formula is C9H8ClN5O. The Kier molecular flexibility index (Phi) is 2.82. The number of hydrazone groups is 1. The van der Waals surface area contributed by atoms with Crippen molar-refractivity contribution in [3.8, 4) is 0 Å². The summed E-state index contributed by atoms with van der Waals surface area (Å²) in [5, 5.41) is 11.8. The third-order valence-corrected chi connectivity index (χ3v) is 2.19. The average molecular weight is 238 g/mol. The van der Waals surface area contributed by atoms with Crippen LogP contribution in [0.3, 0.4) is 0 Å². The Labute approximate surface area is 96.2 Å². The number of hydrogen-bond acceptors (Lipinski definition) is 5. The number of nitrogens with one attached hydrogen (secondary N) is 1. The van der Waals surface area contributed by atoms with Crippen molar-refractivity contribution in [3.05, 3.63) is 29.3 Å². The van der Waals surface area contributed by atoms with Gasteiger partial charge < -0.3 is 5.73 Å². The van der Waals surface area contributed by atoms with Crippen LogP contribution < -0.4 is 11.2 Å². The molecule has 1 aromatic rings. The molecule has 1 heterocycles. The number of amidine groups is 1. The van der Waals surface area contributed by atoms with Crippen LogP contribution >= 0.6 is 11.6 Å². The minimum absolute atomic E-state index is 0.114. The molecule has 1 aliphatic rings. The normalized spacial score (nSPS) is 19.9. The minimum Gasteiger partial charge on any atom is -0.383 e. The fourth-order valence-electron chi connectivity index (χ4n) is 1.12. The average Bonchev–Trinajstić information content (AvgIpc) is 2.59. The van der Waals surface area contributed by atoms with Crippen LogP contribution in [0, 0.1) is 0 Å². The molecule has 0 aliphatic carbocycles. The molecule has 1 unspecified atom stereocenters. The van der Waals surface area contributed by atoms with Crippen molar-refractivity contribution < 1.29 is 4.79 Å². The monoisotopic (exact) mass is 237 g/mol. The van der Waals surface area contributed by atoms with Crippen LogP contribution in [-0.2, 0) is 4.79 Å². The summed E-state index contributed by atoms with van der Waals surface area (Å²) in [7, 11) is 0. The molecule has 1 amide bonds. The summed E-state index contributed by atoms with van der Waals surface area (Å²) in [6.07, 6.45) is 0. The van der Waals surface area contributed by atoms with Crippen LogP contribution in [0.2, 0.25) is 5.02 Å². The van der Waals surface area contributed by atoms with Gasteiger partial charge in [-0.2, -0.15) is 15.3 Å². The first-order chi connectivity index (χ1) is 7.66. The summed E-state index contributed by atoms with van der Waals surface area (Å²) in [5.41, 5.74) is 8.26. The summed E-state index contributed by atoms with van der Waals surface area (Å²) in [6.45, 7) is 0. The van der Waals surface area contributed by atoms with Crippen molar-refractivity contribution in [1.29, 1.82) is 0 Å². The minimum atomic E-state index is -0.837. The zero-order valence-electron chi connectivity index (χ0n) is 8.09. The molecule has 0 saturated heterocycles. The number of hydrogen-bond donors (Lipinski definition) is 2. The largest absolute Gasteiger partial charge is 0.383 e. The molecule has 0 spiro atoms. The maximum absolute atomic E-state index is 11.2. The zero-order valence-corrected chi connectivity index (χ0v) is 8.85. The van der Waals surface area contributed by atoms with Crippen LogP contribution in [0.25, 0.3) is 0 Å². The second kappa shape index (κ2) is 4.28. The predicted molar refractivity (Wildman–Crippen MR) is 59.5 cm³/mol. The van der Waals surface area contributed by atoms with E-state index >= 15 is 0 Å². The van der Waals surface area contributed by atoms with Crippen molar-refractivity contribution in [2.75, 3.05) is 0 Å². The Balaban J connectivity index is 2.12. The fourth-order valence-corrected chi connectivity index (χ4v) is 1.25. The van der Waals surface area contributed by atoms with E-state index in [9.17, 15) is 4.79 Å². The van der Waals surface area contributed by atoms with Gasteiger partial charge in [0.1, 0.15) is 0 Å². The van der Waals surface area contributed by atoms with Gasteiger partial charge in [-0.3, -0.25) is 4.79 Å². The lowest BCUT2D eigenvalue weighted by atomic mass is 10.3. The van der Waals surface area contributed by atoms with Crippen LogP contribution in [0.15, 0.2) is 39.6 Å². The number of amides is 1. The number of benzene rings is 1. The van der Waals surface area contributed by atoms with E-state index in [1.165, 1.54) is 0 Å². The van der Waals surface area contributed by atoms with Crippen LogP contribution in [-0.4, -0.2) is 17.8 Å². The predicted octanol–water partition coefficient (Wildman–Crippen LogP) is 1.19. The third-order valence-electron chi connectivity index (χ3n) is 1.94. The Bertz CT molecular complexity index is 467. The second-order valence-corrected chi connectivity index (χ2v) is 3.54. The van der Waals surface area contributed by atoms with E-state index in [-0.39, 0.29) is 11.7 Å². The van der Waals surface area contributed by atoms with E-state index in [0.717, 1.165) is 0 Å². The van der Waals surface area contributed by atoms with Gasteiger partial charge in [0, 0.05) is 5.02 Å². The SMILES string of the molecule is NC1=NNC(=O)C1N=Nc1ccc(Cl)cc1. The van der Waals surface area contributed by atoms with Gasteiger partial charge in [0.15, 0.2) is 5.84 Å². The van der Waals surface area contributed by atoms with E-state index < -0.39 is 6.04 Å². The highest BCUT2D eigenvalue weighted by atomic mass is 35.5. The van der Waals surface area contributed by atoms with E-state index in [1.54, 1.807) is 24.3 Å². The first-order valence-electron chi connectivity index (χ1n) is 4.46. The molecule has 1 atom stereocenters. The Morgan fingerprint density at radius 3 is 2.62 bits per heavy atom. The maximum atomic E-state index is 11.2. The summed E-state index contributed by atoms with van der Waals surface area (Å²) < 4.78 is 0. The molecule has 7 heteroatoms. The molecule has 1 aromatic carbocycles. The smallest absolute Gasteiger partial charge is 0.274 e. The van der Waals surface area contributed by atoms with Gasteiger partial charge in [-0.15, -0.1) is 0 Å². The third kappa shape index (κ3) is 2.17. The highest BCUT2D eigenvalue weighted by molar-refractivity contribution is 6.30. The van der Waals surface area contributed by atoms with Crippen LogP contribution in [0.5, 0.6) is 0 Å². The van der Waals surface area contributed by atoms with Gasteiger partial charge in [0.25, 0.3) is 5.91 Å². The number of halogens is 1. The molecule has 6 nitrogen and oxygen atoms in total. The number of nitrogens with two attached hydrogens (primary N) is 1. The lowest BCUT2D eigenvalue weighted by Gasteiger charge is -1.98. The van der Waals surface area contributed by atoms with Crippen molar-refractivity contribution in [2.45, 2.75) is 6.04 Å². The molecule has 1 aliphatic heterocycles. The summed E-state index contributed by atoms with van der Waals surface area (Å²) in [5.74, 6) is -0.266. The van der Waals surface area contributed by atoms with Crippen molar-refractivity contribution in [1.82, 2.24) is 5.43 Å². The molecule has 16 heavy (non-hydrogen) atoms. The Hall–Kier alpha value is -1.95. The number of carbonyl (C=O) groups excluding carboxylic acids is 1. The first kappa shape index (κ1) is 10.6. The van der Waals surface area contributed by atoms with Gasteiger partial charge in [0.05, 0.1) is 5.69 Å².